The SMILES string of the molecule is O=C(c1cc(Nc2ccc(F)cc2)nc(-c2ccccc2)n1)N1CCCCC1. The molecule has 3 aromatic rings. The van der Waals surface area contributed by atoms with Crippen LogP contribution >= 0.6 is 0 Å². The van der Waals surface area contributed by atoms with Crippen molar-refractivity contribution in [2.75, 3.05) is 18.4 Å². The Bertz CT molecular complexity index is 954. The standard InChI is InChI=1S/C22H21FN4O/c23-17-9-11-18(12-10-17)24-20-15-19(22(28)27-13-5-2-6-14-27)25-21(26-20)16-7-3-1-4-8-16/h1,3-4,7-12,15H,2,5-6,13-14H2,(H,24,25,26). The lowest BCUT2D eigenvalue weighted by Crippen LogP contribution is -2.36. The Morgan fingerprint density at radius 2 is 1.64 bits per heavy atom. The van der Waals surface area contributed by atoms with E-state index in [9.17, 15) is 9.18 Å². The van der Waals surface area contributed by atoms with Crippen LogP contribution < -0.4 is 5.32 Å². The fourth-order valence-corrected chi connectivity index (χ4v) is 3.28. The highest BCUT2D eigenvalue weighted by Crippen LogP contribution is 2.22. The molecule has 1 amide bonds. The summed E-state index contributed by atoms with van der Waals surface area (Å²) in [4.78, 5) is 23.9. The fourth-order valence-electron chi connectivity index (χ4n) is 3.28. The van der Waals surface area contributed by atoms with Gasteiger partial charge in [-0.3, -0.25) is 4.79 Å². The number of hydrogen-bond donors (Lipinski definition) is 1. The van der Waals surface area contributed by atoms with E-state index in [4.69, 9.17) is 0 Å². The van der Waals surface area contributed by atoms with E-state index in [2.05, 4.69) is 15.3 Å². The number of aromatic nitrogens is 2. The minimum absolute atomic E-state index is 0.0820. The van der Waals surface area contributed by atoms with Crippen molar-refractivity contribution >= 4 is 17.4 Å². The Balaban J connectivity index is 1.70. The number of rotatable bonds is 4. The number of piperidine rings is 1. The first-order valence-corrected chi connectivity index (χ1v) is 9.45. The third-order valence-corrected chi connectivity index (χ3v) is 4.74. The monoisotopic (exact) mass is 376 g/mol. The number of benzene rings is 2. The van der Waals surface area contributed by atoms with Gasteiger partial charge < -0.3 is 10.2 Å². The van der Waals surface area contributed by atoms with Crippen molar-refractivity contribution in [3.05, 3.63) is 72.2 Å². The quantitative estimate of drug-likeness (QED) is 0.720. The van der Waals surface area contributed by atoms with Crippen molar-refractivity contribution in [2.24, 2.45) is 0 Å². The molecule has 6 heteroatoms. The summed E-state index contributed by atoms with van der Waals surface area (Å²) in [6.07, 6.45) is 3.19. The normalized spacial score (nSPS) is 14.0. The number of carbonyl (C=O) groups is 1. The number of likely N-dealkylation sites (tertiary alicyclic amines) is 1. The van der Waals surface area contributed by atoms with Gasteiger partial charge in [-0.1, -0.05) is 30.3 Å². The molecule has 0 atom stereocenters. The third kappa shape index (κ3) is 4.17. The van der Waals surface area contributed by atoms with Crippen LogP contribution in [0.3, 0.4) is 0 Å². The largest absolute Gasteiger partial charge is 0.340 e. The van der Waals surface area contributed by atoms with Crippen LogP contribution in [-0.4, -0.2) is 33.9 Å². The molecule has 0 saturated carbocycles. The van der Waals surface area contributed by atoms with E-state index in [1.54, 1.807) is 18.2 Å². The molecule has 1 aliphatic heterocycles. The zero-order chi connectivity index (χ0) is 19.3. The number of halogens is 1. The predicted octanol–water partition coefficient (Wildman–Crippen LogP) is 4.65. The minimum Gasteiger partial charge on any atom is -0.340 e. The first-order valence-electron chi connectivity index (χ1n) is 9.45. The van der Waals surface area contributed by atoms with Crippen LogP contribution in [-0.2, 0) is 0 Å². The summed E-state index contributed by atoms with van der Waals surface area (Å²) < 4.78 is 13.2. The Morgan fingerprint density at radius 1 is 0.929 bits per heavy atom. The van der Waals surface area contributed by atoms with E-state index in [0.29, 0.717) is 23.0 Å². The average molecular weight is 376 g/mol. The van der Waals surface area contributed by atoms with Crippen LogP contribution in [0.2, 0.25) is 0 Å². The Morgan fingerprint density at radius 3 is 2.36 bits per heavy atom. The van der Waals surface area contributed by atoms with E-state index in [0.717, 1.165) is 37.9 Å². The first-order chi connectivity index (χ1) is 13.7. The highest BCUT2D eigenvalue weighted by atomic mass is 19.1. The average Bonchev–Trinajstić information content (AvgIpc) is 2.76. The fraction of sp³-hybridized carbons (Fsp3) is 0.227. The smallest absolute Gasteiger partial charge is 0.272 e. The summed E-state index contributed by atoms with van der Waals surface area (Å²) >= 11 is 0. The summed E-state index contributed by atoms with van der Waals surface area (Å²) in [7, 11) is 0. The lowest BCUT2D eigenvalue weighted by molar-refractivity contribution is 0.0718. The van der Waals surface area contributed by atoms with E-state index in [1.807, 2.05) is 35.2 Å². The second-order valence-corrected chi connectivity index (χ2v) is 6.81. The minimum atomic E-state index is -0.306. The van der Waals surface area contributed by atoms with Crippen molar-refractivity contribution < 1.29 is 9.18 Å². The lowest BCUT2D eigenvalue weighted by atomic mass is 10.1. The van der Waals surface area contributed by atoms with Gasteiger partial charge in [0.1, 0.15) is 17.3 Å². The Labute approximate surface area is 163 Å². The number of carbonyl (C=O) groups excluding carboxylic acids is 1. The van der Waals surface area contributed by atoms with Gasteiger partial charge in [0.15, 0.2) is 5.82 Å². The van der Waals surface area contributed by atoms with Gasteiger partial charge in [-0.15, -0.1) is 0 Å². The molecule has 1 aliphatic rings. The molecule has 0 unspecified atom stereocenters. The molecule has 28 heavy (non-hydrogen) atoms. The molecular formula is C22H21FN4O. The lowest BCUT2D eigenvalue weighted by Gasteiger charge is -2.26. The van der Waals surface area contributed by atoms with E-state index in [1.165, 1.54) is 12.1 Å². The molecule has 1 saturated heterocycles. The van der Waals surface area contributed by atoms with Gasteiger partial charge >= 0.3 is 0 Å². The summed E-state index contributed by atoms with van der Waals surface area (Å²) in [5, 5.41) is 3.15. The number of amides is 1. The number of anilines is 2. The number of hydrogen-bond acceptors (Lipinski definition) is 4. The van der Waals surface area contributed by atoms with Gasteiger partial charge in [0.2, 0.25) is 0 Å². The van der Waals surface area contributed by atoms with Crippen LogP contribution in [0.1, 0.15) is 29.8 Å². The van der Waals surface area contributed by atoms with Gasteiger partial charge in [0.25, 0.3) is 5.91 Å². The zero-order valence-corrected chi connectivity index (χ0v) is 15.4. The summed E-state index contributed by atoms with van der Waals surface area (Å²) in [6.45, 7) is 1.51. The topological polar surface area (TPSA) is 58.1 Å². The molecule has 0 bridgehead atoms. The summed E-state index contributed by atoms with van der Waals surface area (Å²) in [6, 6.07) is 17.2. The van der Waals surface area contributed by atoms with Crippen LogP contribution in [0.15, 0.2) is 60.7 Å². The van der Waals surface area contributed by atoms with Crippen LogP contribution in [0.4, 0.5) is 15.9 Å². The molecule has 0 radical (unpaired) electrons. The molecule has 5 nitrogen and oxygen atoms in total. The molecule has 0 aliphatic carbocycles. The predicted molar refractivity (Wildman–Crippen MR) is 107 cm³/mol. The van der Waals surface area contributed by atoms with Gasteiger partial charge in [0.05, 0.1) is 0 Å². The number of nitrogens with zero attached hydrogens (tertiary/aromatic N) is 3. The molecule has 1 N–H and O–H groups in total. The molecule has 2 aromatic carbocycles. The zero-order valence-electron chi connectivity index (χ0n) is 15.4. The Hall–Kier alpha value is -3.28. The van der Waals surface area contributed by atoms with Gasteiger partial charge in [0, 0.05) is 30.4 Å². The molecule has 1 fully saturated rings. The van der Waals surface area contributed by atoms with Gasteiger partial charge in [-0.2, -0.15) is 0 Å². The van der Waals surface area contributed by atoms with Crippen molar-refractivity contribution in [2.45, 2.75) is 19.3 Å². The van der Waals surface area contributed by atoms with Crippen molar-refractivity contribution in [3.63, 3.8) is 0 Å². The maximum atomic E-state index is 13.2. The van der Waals surface area contributed by atoms with Gasteiger partial charge in [-0.05, 0) is 43.5 Å². The highest BCUT2D eigenvalue weighted by molar-refractivity contribution is 5.93. The summed E-state index contributed by atoms with van der Waals surface area (Å²) in [5.74, 6) is 0.592. The van der Waals surface area contributed by atoms with Crippen LogP contribution in [0, 0.1) is 5.82 Å². The Kier molecular flexibility index (Phi) is 5.28. The maximum absolute atomic E-state index is 13.2. The molecule has 0 spiro atoms. The van der Waals surface area contributed by atoms with Crippen LogP contribution in [0.5, 0.6) is 0 Å². The second-order valence-electron chi connectivity index (χ2n) is 6.81. The van der Waals surface area contributed by atoms with Crippen LogP contribution in [0.25, 0.3) is 11.4 Å². The molecule has 4 rings (SSSR count). The highest BCUT2D eigenvalue weighted by Gasteiger charge is 2.21. The second kappa shape index (κ2) is 8.17. The number of nitrogens with one attached hydrogen (secondary N) is 1. The van der Waals surface area contributed by atoms with Crippen molar-refractivity contribution in [1.29, 1.82) is 0 Å². The van der Waals surface area contributed by atoms with E-state index in [-0.39, 0.29) is 11.7 Å². The molecular weight excluding hydrogens is 355 g/mol. The van der Waals surface area contributed by atoms with E-state index < -0.39 is 0 Å². The maximum Gasteiger partial charge on any atom is 0.272 e. The van der Waals surface area contributed by atoms with Crippen molar-refractivity contribution in [3.8, 4) is 11.4 Å². The van der Waals surface area contributed by atoms with Gasteiger partial charge in [-0.25, -0.2) is 14.4 Å². The molecule has 2 heterocycles. The first kappa shape index (κ1) is 18.1. The third-order valence-electron chi connectivity index (χ3n) is 4.74. The molecule has 142 valence electrons. The summed E-state index contributed by atoms with van der Waals surface area (Å²) in [5.41, 5.74) is 1.88. The molecule has 1 aromatic heterocycles. The van der Waals surface area contributed by atoms with E-state index >= 15 is 0 Å². The van der Waals surface area contributed by atoms with Crippen molar-refractivity contribution in [1.82, 2.24) is 14.9 Å².